The number of nitrogens with one attached hydrogen (secondary N) is 1. The van der Waals surface area contributed by atoms with Gasteiger partial charge in [-0.05, 0) is 46.6 Å². The molecule has 21 heavy (non-hydrogen) atoms. The summed E-state index contributed by atoms with van der Waals surface area (Å²) in [5.41, 5.74) is 1.85. The van der Waals surface area contributed by atoms with E-state index in [1.807, 2.05) is 46.8 Å². The van der Waals surface area contributed by atoms with Gasteiger partial charge in [0.2, 0.25) is 0 Å². The van der Waals surface area contributed by atoms with Crippen LogP contribution in [0.4, 0.5) is 0 Å². The molecule has 120 valence electrons. The van der Waals surface area contributed by atoms with E-state index in [2.05, 4.69) is 17.7 Å². The van der Waals surface area contributed by atoms with Gasteiger partial charge in [0.25, 0.3) is 0 Å². The van der Waals surface area contributed by atoms with Crippen LogP contribution >= 0.6 is 0 Å². The van der Waals surface area contributed by atoms with Gasteiger partial charge in [0, 0.05) is 18.2 Å². The smallest absolute Gasteiger partial charge is 0.125 e. The number of aryl methyl sites for hydroxylation is 1. The number of hydrogen-bond acceptors (Lipinski definition) is 2. The lowest BCUT2D eigenvalue weighted by Crippen LogP contribution is -2.37. The van der Waals surface area contributed by atoms with E-state index in [0.717, 1.165) is 23.3 Å². The van der Waals surface area contributed by atoms with Gasteiger partial charge in [-0.25, -0.2) is 8.93 Å². The van der Waals surface area contributed by atoms with Crippen molar-refractivity contribution in [2.24, 2.45) is 0 Å². The minimum Gasteiger partial charge on any atom is -0.373 e. The maximum Gasteiger partial charge on any atom is 0.125 e. The van der Waals surface area contributed by atoms with Gasteiger partial charge < -0.3 is 4.74 Å². The van der Waals surface area contributed by atoms with Crippen LogP contribution in [0.15, 0.2) is 23.1 Å². The molecule has 0 aliphatic heterocycles. The zero-order valence-corrected chi connectivity index (χ0v) is 15.2. The van der Waals surface area contributed by atoms with Crippen LogP contribution in [0.5, 0.6) is 0 Å². The lowest BCUT2D eigenvalue weighted by Gasteiger charge is -2.23. The molecule has 1 aliphatic rings. The SMILES string of the molecule is CC.COC1(c2cc(C)ccc2S(=O)NC(C)(C)C)CC1. The minimum atomic E-state index is -1.21. The standard InChI is InChI=1S/C15H23NO2S.C2H6/c1-11-6-7-13(19(17)16-14(2,3)4)12(10-11)15(18-5)8-9-15;1-2/h6-7,10,16H,8-9H2,1-5H3;1-2H3. The summed E-state index contributed by atoms with van der Waals surface area (Å²) in [4.78, 5) is 0.847. The second kappa shape index (κ2) is 7.03. The molecular weight excluding hydrogens is 282 g/mol. The third kappa shape index (κ3) is 4.63. The molecule has 1 saturated carbocycles. The Morgan fingerprint density at radius 2 is 1.81 bits per heavy atom. The highest BCUT2D eigenvalue weighted by Crippen LogP contribution is 2.50. The van der Waals surface area contributed by atoms with Gasteiger partial charge in [0.15, 0.2) is 0 Å². The second-order valence-electron chi connectivity index (χ2n) is 6.32. The first-order chi connectivity index (χ1) is 9.77. The summed E-state index contributed by atoms with van der Waals surface area (Å²) in [7, 11) is 0.525. The fourth-order valence-corrected chi connectivity index (χ4v) is 3.49. The number of methoxy groups -OCH3 is 1. The van der Waals surface area contributed by atoms with Crippen LogP contribution in [-0.4, -0.2) is 16.9 Å². The molecule has 0 amide bonds. The van der Waals surface area contributed by atoms with Crippen molar-refractivity contribution in [2.45, 2.75) is 70.4 Å². The van der Waals surface area contributed by atoms with Gasteiger partial charge in [0.1, 0.15) is 11.0 Å². The highest BCUT2D eigenvalue weighted by Gasteiger charge is 2.47. The van der Waals surface area contributed by atoms with Crippen LogP contribution in [0.1, 0.15) is 58.6 Å². The predicted molar refractivity (Wildman–Crippen MR) is 89.7 cm³/mol. The van der Waals surface area contributed by atoms with E-state index < -0.39 is 11.0 Å². The average Bonchev–Trinajstić information content (AvgIpc) is 3.20. The van der Waals surface area contributed by atoms with Crippen molar-refractivity contribution in [2.75, 3.05) is 7.11 Å². The van der Waals surface area contributed by atoms with E-state index in [1.54, 1.807) is 7.11 Å². The van der Waals surface area contributed by atoms with E-state index >= 15 is 0 Å². The Hall–Kier alpha value is -0.710. The van der Waals surface area contributed by atoms with Gasteiger partial charge in [0.05, 0.1) is 10.5 Å². The first-order valence-corrected chi connectivity index (χ1v) is 8.78. The molecule has 2 rings (SSSR count). The van der Waals surface area contributed by atoms with E-state index in [4.69, 9.17) is 4.74 Å². The third-order valence-electron chi connectivity index (χ3n) is 3.32. The first-order valence-electron chi connectivity index (χ1n) is 7.63. The molecule has 0 aromatic heterocycles. The predicted octanol–water partition coefficient (Wildman–Crippen LogP) is 4.07. The molecule has 3 nitrogen and oxygen atoms in total. The van der Waals surface area contributed by atoms with Crippen molar-refractivity contribution in [1.29, 1.82) is 0 Å². The molecule has 1 N–H and O–H groups in total. The zero-order valence-electron chi connectivity index (χ0n) is 14.4. The lowest BCUT2D eigenvalue weighted by molar-refractivity contribution is 0.0765. The van der Waals surface area contributed by atoms with Crippen LogP contribution in [0.25, 0.3) is 0 Å². The summed E-state index contributed by atoms with van der Waals surface area (Å²) in [6, 6.07) is 6.07. The van der Waals surface area contributed by atoms with Crippen molar-refractivity contribution in [3.05, 3.63) is 29.3 Å². The largest absolute Gasteiger partial charge is 0.373 e. The molecule has 1 fully saturated rings. The van der Waals surface area contributed by atoms with Crippen molar-refractivity contribution >= 4 is 11.0 Å². The summed E-state index contributed by atoms with van der Waals surface area (Å²) < 4.78 is 21.3. The highest BCUT2D eigenvalue weighted by molar-refractivity contribution is 7.83. The zero-order chi connectivity index (χ0) is 16.3. The van der Waals surface area contributed by atoms with Gasteiger partial charge in [-0.1, -0.05) is 31.5 Å². The van der Waals surface area contributed by atoms with Crippen molar-refractivity contribution in [3.8, 4) is 0 Å². The summed E-state index contributed by atoms with van der Waals surface area (Å²) in [6.07, 6.45) is 2.01. The van der Waals surface area contributed by atoms with Gasteiger partial charge in [-0.3, -0.25) is 0 Å². The molecule has 4 heteroatoms. The van der Waals surface area contributed by atoms with E-state index in [-0.39, 0.29) is 11.1 Å². The van der Waals surface area contributed by atoms with Crippen molar-refractivity contribution < 1.29 is 8.95 Å². The van der Waals surface area contributed by atoms with Gasteiger partial charge in [-0.15, -0.1) is 0 Å². The third-order valence-corrected chi connectivity index (χ3v) is 4.87. The highest BCUT2D eigenvalue weighted by atomic mass is 32.2. The summed E-state index contributed by atoms with van der Waals surface area (Å²) in [5, 5.41) is 0. The Morgan fingerprint density at radius 1 is 1.24 bits per heavy atom. The van der Waals surface area contributed by atoms with Crippen LogP contribution in [0.3, 0.4) is 0 Å². The Balaban J connectivity index is 0.00000106. The molecule has 0 saturated heterocycles. The summed E-state index contributed by atoms with van der Waals surface area (Å²) in [6.45, 7) is 12.1. The van der Waals surface area contributed by atoms with Gasteiger partial charge >= 0.3 is 0 Å². The molecule has 1 aliphatic carbocycles. The molecular formula is C17H29NO2S. The fourth-order valence-electron chi connectivity index (χ4n) is 2.19. The molecule has 1 aromatic rings. The average molecular weight is 311 g/mol. The number of ether oxygens (including phenoxy) is 1. The van der Waals surface area contributed by atoms with Gasteiger partial charge in [-0.2, -0.15) is 0 Å². The topological polar surface area (TPSA) is 38.3 Å². The first kappa shape index (κ1) is 18.3. The Bertz CT molecular complexity index is 502. The van der Waals surface area contributed by atoms with Crippen molar-refractivity contribution in [3.63, 3.8) is 0 Å². The summed E-state index contributed by atoms with van der Waals surface area (Å²) in [5.74, 6) is 0. The fraction of sp³-hybridized carbons (Fsp3) is 0.647. The maximum absolute atomic E-state index is 12.5. The lowest BCUT2D eigenvalue weighted by atomic mass is 10.0. The summed E-state index contributed by atoms with van der Waals surface area (Å²) >= 11 is 0. The molecule has 0 spiro atoms. The van der Waals surface area contributed by atoms with Crippen LogP contribution in [0, 0.1) is 6.92 Å². The van der Waals surface area contributed by atoms with Crippen LogP contribution in [-0.2, 0) is 21.3 Å². The Kier molecular flexibility index (Phi) is 6.14. The maximum atomic E-state index is 12.5. The molecule has 0 radical (unpaired) electrons. The normalized spacial score (nSPS) is 17.7. The number of benzene rings is 1. The quantitative estimate of drug-likeness (QED) is 0.910. The van der Waals surface area contributed by atoms with E-state index in [1.165, 1.54) is 5.56 Å². The molecule has 0 heterocycles. The molecule has 1 aromatic carbocycles. The monoisotopic (exact) mass is 311 g/mol. The molecule has 1 atom stereocenters. The number of hydrogen-bond donors (Lipinski definition) is 1. The minimum absolute atomic E-state index is 0.184. The van der Waals surface area contributed by atoms with Crippen LogP contribution < -0.4 is 4.72 Å². The Morgan fingerprint density at radius 3 is 2.24 bits per heavy atom. The number of rotatable bonds is 4. The van der Waals surface area contributed by atoms with E-state index in [0.29, 0.717) is 0 Å². The molecule has 0 bridgehead atoms. The van der Waals surface area contributed by atoms with Crippen molar-refractivity contribution in [1.82, 2.24) is 4.72 Å². The Labute approximate surface area is 132 Å². The van der Waals surface area contributed by atoms with E-state index in [9.17, 15) is 4.21 Å². The second-order valence-corrected chi connectivity index (χ2v) is 7.50. The molecule has 1 unspecified atom stereocenters. The van der Waals surface area contributed by atoms with Crippen LogP contribution in [0.2, 0.25) is 0 Å².